The van der Waals surface area contributed by atoms with E-state index in [2.05, 4.69) is 20.5 Å². The number of aromatic hydroxyl groups is 4. The number of phenols is 4. The van der Waals surface area contributed by atoms with E-state index in [-0.39, 0.29) is 52.1 Å². The molecule has 248 valence electrons. The summed E-state index contributed by atoms with van der Waals surface area (Å²) in [5, 5.41) is 72.5. The first-order chi connectivity index (χ1) is 22.4. The van der Waals surface area contributed by atoms with Crippen molar-refractivity contribution in [1.29, 1.82) is 0 Å². The van der Waals surface area contributed by atoms with Gasteiger partial charge in [-0.3, -0.25) is 9.11 Å². The van der Waals surface area contributed by atoms with Crippen LogP contribution in [-0.4, -0.2) is 68.5 Å². The molecule has 0 amide bonds. The molecule has 49 heavy (non-hydrogen) atoms. The van der Waals surface area contributed by atoms with E-state index < -0.39 is 87.5 Å². The van der Waals surface area contributed by atoms with Gasteiger partial charge in [-0.2, -0.15) is 27.1 Å². The monoisotopic (exact) mass is 723 g/mol. The molecule has 0 saturated heterocycles. The minimum atomic E-state index is -4.95. The molecule has 4 aromatic carbocycles. The maximum absolute atomic E-state index is 12.2. The van der Waals surface area contributed by atoms with Gasteiger partial charge in [-0.25, -0.2) is 9.59 Å². The third-order valence-corrected chi connectivity index (χ3v) is 8.05. The van der Waals surface area contributed by atoms with Gasteiger partial charge in [0.05, 0.1) is 11.4 Å². The molecule has 0 unspecified atom stereocenters. The van der Waals surface area contributed by atoms with Crippen molar-refractivity contribution >= 4 is 67.1 Å². The van der Waals surface area contributed by atoms with E-state index in [4.69, 9.17) is 10.2 Å². The summed E-state index contributed by atoms with van der Waals surface area (Å²) in [7, 11) is -9.90. The molecule has 0 heterocycles. The molecule has 18 nitrogen and oxygen atoms in total. The van der Waals surface area contributed by atoms with E-state index in [0.717, 1.165) is 60.7 Å². The van der Waals surface area contributed by atoms with Gasteiger partial charge >= 0.3 is 41.5 Å². The Morgan fingerprint density at radius 2 is 0.898 bits per heavy atom. The normalized spacial score (nSPS) is 12.0. The number of hydrogen-bond acceptors (Lipinski definition) is 14. The van der Waals surface area contributed by atoms with Crippen LogP contribution in [0.2, 0.25) is 0 Å². The summed E-state index contributed by atoms with van der Waals surface area (Å²) in [5.41, 5.74) is -3.28. The van der Waals surface area contributed by atoms with Gasteiger partial charge in [0, 0.05) is 0 Å². The maximum Gasteiger partial charge on any atom is 1.00 e. The second kappa shape index (κ2) is 14.9. The molecule has 0 aliphatic rings. The van der Waals surface area contributed by atoms with Gasteiger partial charge in [0.15, 0.2) is 11.5 Å². The SMILES string of the molecule is O=C(O)c1c(O)ccc(N=Nc2ccc(/C=C/c3ccc(N=Nc4ccc(O)c(C(=O)O)c4O)cc3S(=O)(=O)O)c(S(=O)(=O)O)c2)c1O.[Na+]. The predicted molar refractivity (Wildman–Crippen MR) is 163 cm³/mol. The Hall–Kier alpha value is -5.22. The molecule has 0 saturated carbocycles. The average Bonchev–Trinajstić information content (AvgIpc) is 2.98. The number of aromatic carboxylic acids is 2. The van der Waals surface area contributed by atoms with Crippen molar-refractivity contribution in [2.75, 3.05) is 0 Å². The summed E-state index contributed by atoms with van der Waals surface area (Å²) >= 11 is 0. The van der Waals surface area contributed by atoms with Gasteiger partial charge in [0.2, 0.25) is 0 Å². The first kappa shape index (κ1) is 38.2. The maximum atomic E-state index is 12.2. The number of benzene rings is 4. The first-order valence-electron chi connectivity index (χ1n) is 12.7. The molecular formula is C28H20N4NaO14S2+. The fourth-order valence-corrected chi connectivity index (χ4v) is 5.42. The molecule has 0 bridgehead atoms. The molecule has 21 heteroatoms. The summed E-state index contributed by atoms with van der Waals surface area (Å²) in [6, 6.07) is 10.3. The molecule has 8 N–H and O–H groups in total. The van der Waals surface area contributed by atoms with Crippen LogP contribution in [0.25, 0.3) is 12.2 Å². The zero-order chi connectivity index (χ0) is 35.6. The molecule has 4 rings (SSSR count). The Balaban J connectivity index is 0.00000650. The number of carboxylic acids is 2. The van der Waals surface area contributed by atoms with Crippen LogP contribution in [0.3, 0.4) is 0 Å². The predicted octanol–water partition coefficient (Wildman–Crippen LogP) is 2.40. The van der Waals surface area contributed by atoms with Crippen molar-refractivity contribution in [3.8, 4) is 23.0 Å². The van der Waals surface area contributed by atoms with Crippen LogP contribution in [0.1, 0.15) is 31.8 Å². The minimum absolute atomic E-state index is 0. The Bertz CT molecular complexity index is 2150. The van der Waals surface area contributed by atoms with Gasteiger partial charge in [0.1, 0.15) is 43.8 Å². The van der Waals surface area contributed by atoms with Crippen LogP contribution in [0.4, 0.5) is 22.7 Å². The minimum Gasteiger partial charge on any atom is -0.507 e. The summed E-state index contributed by atoms with van der Waals surface area (Å²) in [6.45, 7) is 0. The average molecular weight is 724 g/mol. The Labute approximate surface area is 297 Å². The first-order valence-corrected chi connectivity index (χ1v) is 15.6. The van der Waals surface area contributed by atoms with Crippen LogP contribution in [0, 0.1) is 0 Å². The van der Waals surface area contributed by atoms with Crippen molar-refractivity contribution in [2.24, 2.45) is 20.5 Å². The van der Waals surface area contributed by atoms with Gasteiger partial charge in [-0.15, -0.1) is 10.2 Å². The van der Waals surface area contributed by atoms with Crippen LogP contribution in [-0.2, 0) is 20.2 Å². The second-order valence-electron chi connectivity index (χ2n) is 9.39. The van der Waals surface area contributed by atoms with Crippen molar-refractivity contribution in [2.45, 2.75) is 9.79 Å². The largest absolute Gasteiger partial charge is 1.00 e. The van der Waals surface area contributed by atoms with E-state index >= 15 is 0 Å². The van der Waals surface area contributed by atoms with Crippen LogP contribution in [0.5, 0.6) is 23.0 Å². The smallest absolute Gasteiger partial charge is 0.507 e. The Morgan fingerprint density at radius 1 is 0.551 bits per heavy atom. The summed E-state index contributed by atoms with van der Waals surface area (Å²) in [5.74, 6) is -6.65. The number of hydrogen-bond donors (Lipinski definition) is 8. The number of carboxylic acid groups (broad SMARTS) is 2. The van der Waals surface area contributed by atoms with Gasteiger partial charge in [-0.05, 0) is 59.7 Å². The molecule has 0 aliphatic carbocycles. The molecule has 0 atom stereocenters. The number of azo groups is 2. The third-order valence-electron chi connectivity index (χ3n) is 6.24. The molecule has 0 fully saturated rings. The zero-order valence-corrected chi connectivity index (χ0v) is 28.2. The molecular weight excluding hydrogens is 703 g/mol. The molecule has 0 spiro atoms. The number of rotatable bonds is 10. The molecule has 0 aliphatic heterocycles. The molecule has 4 aromatic rings. The third kappa shape index (κ3) is 8.83. The summed E-state index contributed by atoms with van der Waals surface area (Å²) < 4.78 is 68.3. The van der Waals surface area contributed by atoms with Crippen molar-refractivity contribution < 1.29 is 95.7 Å². The van der Waals surface area contributed by atoms with E-state index in [0.29, 0.717) is 0 Å². The van der Waals surface area contributed by atoms with Crippen molar-refractivity contribution in [3.05, 3.63) is 82.9 Å². The Morgan fingerprint density at radius 3 is 1.20 bits per heavy atom. The number of nitrogens with zero attached hydrogens (tertiary/aromatic N) is 4. The molecule has 0 radical (unpaired) electrons. The van der Waals surface area contributed by atoms with E-state index in [1.165, 1.54) is 12.1 Å². The van der Waals surface area contributed by atoms with Gasteiger partial charge < -0.3 is 30.6 Å². The summed E-state index contributed by atoms with van der Waals surface area (Å²) in [4.78, 5) is 21.1. The van der Waals surface area contributed by atoms with Gasteiger partial charge in [0.25, 0.3) is 20.2 Å². The standard InChI is InChI=1S/C28H20N4O14S2.Na/c33-19-9-7-17(25(35)23(19)27(37)38)31-29-15-5-3-13(21(11-15)47(41,42)43)1-2-14-4-6-16(12-22(14)48(44,45)46)30-32-18-8-10-20(34)24(26(18)36)28(39)40;/h1-12,33-36H,(H,37,38)(H,39,40)(H,41,42,43)(H,44,45,46);/q;+1/b2-1+,31-29?,32-30?;. The van der Waals surface area contributed by atoms with E-state index in [1.807, 2.05) is 0 Å². The van der Waals surface area contributed by atoms with Crippen molar-refractivity contribution in [3.63, 3.8) is 0 Å². The zero-order valence-electron chi connectivity index (χ0n) is 24.6. The van der Waals surface area contributed by atoms with Crippen LogP contribution in [0.15, 0.2) is 90.9 Å². The van der Waals surface area contributed by atoms with Crippen LogP contribution < -0.4 is 29.6 Å². The number of carbonyl (C=O) groups is 2. The Kier molecular flexibility index (Phi) is 11.6. The topological polar surface area (TPSA) is 314 Å². The van der Waals surface area contributed by atoms with Crippen LogP contribution >= 0.6 is 0 Å². The van der Waals surface area contributed by atoms with Crippen molar-refractivity contribution in [1.82, 2.24) is 0 Å². The summed E-state index contributed by atoms with van der Waals surface area (Å²) in [6.07, 6.45) is 2.14. The fourth-order valence-electron chi connectivity index (χ4n) is 4.02. The molecule has 0 aromatic heterocycles. The van der Waals surface area contributed by atoms with E-state index in [1.54, 1.807) is 0 Å². The quantitative estimate of drug-likeness (QED) is 0.0504. The fraction of sp³-hybridized carbons (Fsp3) is 0. The van der Waals surface area contributed by atoms with Gasteiger partial charge in [-0.1, -0.05) is 24.3 Å². The second-order valence-corrected chi connectivity index (χ2v) is 12.2. The van der Waals surface area contributed by atoms with E-state index in [9.17, 15) is 56.0 Å².